The van der Waals surface area contributed by atoms with Gasteiger partial charge in [0.1, 0.15) is 11.6 Å². The molecule has 0 aliphatic carbocycles. The van der Waals surface area contributed by atoms with Gasteiger partial charge in [0.05, 0.1) is 6.54 Å². The fraction of sp³-hybridized carbons (Fsp3) is 0.188. The van der Waals surface area contributed by atoms with Crippen molar-refractivity contribution in [3.63, 3.8) is 0 Å². The van der Waals surface area contributed by atoms with Gasteiger partial charge in [-0.1, -0.05) is 0 Å². The van der Waals surface area contributed by atoms with Crippen LogP contribution in [0.25, 0.3) is 0 Å². The molecular weight excluding hydrogens is 387 g/mol. The lowest BCUT2D eigenvalue weighted by Crippen LogP contribution is -2.34. The highest BCUT2D eigenvalue weighted by Crippen LogP contribution is 2.30. The van der Waals surface area contributed by atoms with Crippen LogP contribution in [0.15, 0.2) is 36.4 Å². The lowest BCUT2D eigenvalue weighted by atomic mass is 10.0. The topological polar surface area (TPSA) is 20.3 Å². The van der Waals surface area contributed by atoms with Crippen LogP contribution in [0.4, 0.5) is 14.5 Å². The molecule has 5 heteroatoms. The molecule has 2 nitrogen and oxygen atoms in total. The molecule has 3 rings (SSSR count). The summed E-state index contributed by atoms with van der Waals surface area (Å²) in [6.45, 7) is 0.182. The predicted molar refractivity (Wildman–Crippen MR) is 85.0 cm³/mol. The Kier molecular flexibility index (Phi) is 3.93. The van der Waals surface area contributed by atoms with Crippen LogP contribution < -0.4 is 4.90 Å². The largest absolute Gasteiger partial charge is 0.308 e. The third-order valence-electron chi connectivity index (χ3n) is 3.50. The number of amides is 1. The maximum atomic E-state index is 13.3. The van der Waals surface area contributed by atoms with E-state index >= 15 is 0 Å². The van der Waals surface area contributed by atoms with E-state index in [1.807, 2.05) is 18.2 Å². The van der Waals surface area contributed by atoms with Crippen molar-refractivity contribution < 1.29 is 13.6 Å². The van der Waals surface area contributed by atoms with E-state index in [1.165, 1.54) is 12.1 Å². The summed E-state index contributed by atoms with van der Waals surface area (Å²) in [5, 5.41) is 0. The smallest absolute Gasteiger partial charge is 0.227 e. The van der Waals surface area contributed by atoms with E-state index in [0.29, 0.717) is 18.4 Å². The highest BCUT2D eigenvalue weighted by molar-refractivity contribution is 14.1. The van der Waals surface area contributed by atoms with Crippen LogP contribution in [-0.4, -0.2) is 5.91 Å². The zero-order chi connectivity index (χ0) is 15.0. The van der Waals surface area contributed by atoms with Crippen molar-refractivity contribution in [1.82, 2.24) is 0 Å². The van der Waals surface area contributed by atoms with Gasteiger partial charge in [0.2, 0.25) is 5.91 Å². The molecule has 0 saturated carbocycles. The molecule has 0 spiro atoms. The summed E-state index contributed by atoms with van der Waals surface area (Å²) in [5.74, 6) is -1.28. The zero-order valence-corrected chi connectivity index (χ0v) is 13.2. The van der Waals surface area contributed by atoms with Gasteiger partial charge in [0.15, 0.2) is 0 Å². The van der Waals surface area contributed by atoms with Crippen LogP contribution in [0.3, 0.4) is 0 Å². The van der Waals surface area contributed by atoms with Crippen LogP contribution in [0.2, 0.25) is 0 Å². The van der Waals surface area contributed by atoms with E-state index in [1.54, 1.807) is 4.90 Å². The Morgan fingerprint density at radius 1 is 1.05 bits per heavy atom. The van der Waals surface area contributed by atoms with Crippen molar-refractivity contribution in [3.05, 3.63) is 62.7 Å². The van der Waals surface area contributed by atoms with Gasteiger partial charge in [-0.3, -0.25) is 4.79 Å². The fourth-order valence-corrected chi connectivity index (χ4v) is 3.14. The first-order valence-electron chi connectivity index (χ1n) is 6.57. The van der Waals surface area contributed by atoms with Crippen LogP contribution in [0.1, 0.15) is 17.5 Å². The van der Waals surface area contributed by atoms with Gasteiger partial charge in [0, 0.05) is 21.7 Å². The summed E-state index contributed by atoms with van der Waals surface area (Å²) in [5.41, 5.74) is 2.38. The van der Waals surface area contributed by atoms with Crippen LogP contribution in [-0.2, 0) is 17.8 Å². The van der Waals surface area contributed by atoms with E-state index in [-0.39, 0.29) is 12.5 Å². The van der Waals surface area contributed by atoms with Crippen molar-refractivity contribution in [1.29, 1.82) is 0 Å². The van der Waals surface area contributed by atoms with Crippen molar-refractivity contribution >= 4 is 34.2 Å². The molecular formula is C16H12F2INO. The van der Waals surface area contributed by atoms with Crippen LogP contribution in [0.5, 0.6) is 0 Å². The van der Waals surface area contributed by atoms with E-state index in [2.05, 4.69) is 22.6 Å². The molecule has 1 aliphatic heterocycles. The maximum Gasteiger partial charge on any atom is 0.227 e. The molecule has 1 amide bonds. The standard InChI is InChI=1S/C16H12F2INO/c17-12-5-10(6-13(18)8-12)9-20-15-3-2-14(19)7-11(15)1-4-16(20)21/h2-3,5-8H,1,4,9H2. The Bertz CT molecular complexity index is 697. The number of aryl methyl sites for hydroxylation is 1. The molecule has 1 heterocycles. The molecule has 2 aromatic rings. The molecule has 1 aliphatic rings. The maximum absolute atomic E-state index is 13.3. The molecule has 0 saturated heterocycles. The number of anilines is 1. The third-order valence-corrected chi connectivity index (χ3v) is 4.18. The molecule has 2 aromatic carbocycles. The number of hydrogen-bond donors (Lipinski definition) is 0. The van der Waals surface area contributed by atoms with Crippen LogP contribution in [0, 0.1) is 15.2 Å². The Morgan fingerprint density at radius 2 is 1.76 bits per heavy atom. The minimum absolute atomic E-state index is 0.0200. The lowest BCUT2D eigenvalue weighted by Gasteiger charge is -2.29. The number of hydrogen-bond acceptors (Lipinski definition) is 1. The number of fused-ring (bicyclic) bond motifs is 1. The third kappa shape index (κ3) is 3.07. The molecule has 0 fully saturated rings. The summed E-state index contributed by atoms with van der Waals surface area (Å²) in [7, 11) is 0. The predicted octanol–water partition coefficient (Wildman–Crippen LogP) is 4.05. The van der Waals surface area contributed by atoms with E-state index in [4.69, 9.17) is 0 Å². The zero-order valence-electron chi connectivity index (χ0n) is 11.1. The Labute approximate surface area is 134 Å². The van der Waals surface area contributed by atoms with Crippen molar-refractivity contribution in [2.75, 3.05) is 4.90 Å². The van der Waals surface area contributed by atoms with Gasteiger partial charge >= 0.3 is 0 Å². The number of halogens is 3. The second-order valence-corrected chi connectivity index (χ2v) is 6.28. The highest BCUT2D eigenvalue weighted by Gasteiger charge is 2.24. The number of carbonyl (C=O) groups excluding carboxylic acids is 1. The molecule has 21 heavy (non-hydrogen) atoms. The summed E-state index contributed by atoms with van der Waals surface area (Å²) < 4.78 is 27.7. The van der Waals surface area contributed by atoms with Gasteiger partial charge in [-0.2, -0.15) is 0 Å². The fourth-order valence-electron chi connectivity index (χ4n) is 2.59. The Hall–Kier alpha value is -1.50. The minimum Gasteiger partial charge on any atom is -0.308 e. The van der Waals surface area contributed by atoms with E-state index < -0.39 is 11.6 Å². The average molecular weight is 399 g/mol. The Morgan fingerprint density at radius 3 is 2.48 bits per heavy atom. The molecule has 0 N–H and O–H groups in total. The summed E-state index contributed by atoms with van der Waals surface area (Å²) in [6, 6.07) is 9.22. The average Bonchev–Trinajstić information content (AvgIpc) is 2.41. The molecule has 0 radical (unpaired) electrons. The summed E-state index contributed by atoms with van der Waals surface area (Å²) in [4.78, 5) is 13.8. The quantitative estimate of drug-likeness (QED) is 0.698. The highest BCUT2D eigenvalue weighted by atomic mass is 127. The van der Waals surface area contributed by atoms with Crippen molar-refractivity contribution in [2.24, 2.45) is 0 Å². The second kappa shape index (κ2) is 5.71. The number of nitrogens with zero attached hydrogens (tertiary/aromatic N) is 1. The van der Waals surface area contributed by atoms with Crippen molar-refractivity contribution in [2.45, 2.75) is 19.4 Å². The molecule has 0 aromatic heterocycles. The SMILES string of the molecule is O=C1CCc2cc(I)ccc2N1Cc1cc(F)cc(F)c1. The molecule has 0 atom stereocenters. The number of rotatable bonds is 2. The van der Waals surface area contributed by atoms with Gasteiger partial charge in [0.25, 0.3) is 0 Å². The Balaban J connectivity index is 1.96. The monoisotopic (exact) mass is 399 g/mol. The first kappa shape index (κ1) is 14.4. The summed E-state index contributed by atoms with van der Waals surface area (Å²) >= 11 is 2.23. The first-order chi connectivity index (χ1) is 10.0. The lowest BCUT2D eigenvalue weighted by molar-refractivity contribution is -0.119. The van der Waals surface area contributed by atoms with Crippen molar-refractivity contribution in [3.8, 4) is 0 Å². The number of carbonyl (C=O) groups is 1. The number of benzene rings is 2. The van der Waals surface area contributed by atoms with Gasteiger partial charge in [-0.15, -0.1) is 0 Å². The van der Waals surface area contributed by atoms with Gasteiger partial charge in [-0.25, -0.2) is 8.78 Å². The second-order valence-electron chi connectivity index (χ2n) is 5.03. The normalized spacial score (nSPS) is 14.2. The molecule has 108 valence electrons. The molecule has 0 bridgehead atoms. The molecule has 0 unspecified atom stereocenters. The van der Waals surface area contributed by atoms with Gasteiger partial charge < -0.3 is 4.90 Å². The van der Waals surface area contributed by atoms with Gasteiger partial charge in [-0.05, 0) is 70.5 Å². The van der Waals surface area contributed by atoms with E-state index in [9.17, 15) is 13.6 Å². The summed E-state index contributed by atoms with van der Waals surface area (Å²) in [6.07, 6.45) is 1.13. The minimum atomic E-state index is -0.628. The van der Waals surface area contributed by atoms with Crippen LogP contribution >= 0.6 is 22.6 Å². The first-order valence-corrected chi connectivity index (χ1v) is 7.64. The van der Waals surface area contributed by atoms with E-state index in [0.717, 1.165) is 20.9 Å².